The average Bonchev–Trinajstić information content (AvgIpc) is 3.26. The van der Waals surface area contributed by atoms with E-state index in [0.717, 1.165) is 35.9 Å². The van der Waals surface area contributed by atoms with Crippen molar-refractivity contribution >= 4 is 0 Å². The van der Waals surface area contributed by atoms with E-state index in [-0.39, 0.29) is 23.0 Å². The summed E-state index contributed by atoms with van der Waals surface area (Å²) in [4.78, 5) is 0. The molecule has 6 heteroatoms. The van der Waals surface area contributed by atoms with Crippen molar-refractivity contribution in [2.24, 2.45) is 10.8 Å². The van der Waals surface area contributed by atoms with Gasteiger partial charge in [-0.25, -0.2) is 0 Å². The lowest BCUT2D eigenvalue weighted by Gasteiger charge is -2.42. The minimum absolute atomic E-state index is 0.0420. The zero-order chi connectivity index (χ0) is 19.8. The lowest BCUT2D eigenvalue weighted by atomic mass is 9.81. The van der Waals surface area contributed by atoms with Crippen LogP contribution in [0.15, 0.2) is 33.5 Å². The van der Waals surface area contributed by atoms with Gasteiger partial charge in [-0.05, 0) is 12.1 Å². The fourth-order valence-electron chi connectivity index (χ4n) is 3.65. The summed E-state index contributed by atoms with van der Waals surface area (Å²) in [5.74, 6) is 1.75. The second-order valence-corrected chi connectivity index (χ2v) is 9.18. The van der Waals surface area contributed by atoms with Crippen molar-refractivity contribution in [1.29, 1.82) is 0 Å². The van der Waals surface area contributed by atoms with E-state index in [1.807, 2.05) is 12.1 Å². The summed E-state index contributed by atoms with van der Waals surface area (Å²) in [6.07, 6.45) is 3.57. The van der Waals surface area contributed by atoms with Gasteiger partial charge in [-0.2, -0.15) is 0 Å². The molecule has 2 fully saturated rings. The van der Waals surface area contributed by atoms with E-state index < -0.39 is 0 Å². The molecular formula is C22H30O6. The first-order valence-electron chi connectivity index (χ1n) is 9.88. The van der Waals surface area contributed by atoms with E-state index in [4.69, 9.17) is 27.8 Å². The zero-order valence-electron chi connectivity index (χ0n) is 17.2. The number of furan rings is 2. The van der Waals surface area contributed by atoms with E-state index in [9.17, 15) is 0 Å². The highest BCUT2D eigenvalue weighted by atomic mass is 16.5. The molecule has 0 bridgehead atoms. The van der Waals surface area contributed by atoms with Crippen molar-refractivity contribution < 1.29 is 27.8 Å². The van der Waals surface area contributed by atoms with E-state index in [1.54, 1.807) is 12.5 Å². The molecule has 4 rings (SSSR count). The van der Waals surface area contributed by atoms with Gasteiger partial charge in [-0.3, -0.25) is 0 Å². The zero-order valence-corrected chi connectivity index (χ0v) is 17.2. The van der Waals surface area contributed by atoms with Gasteiger partial charge in [-0.15, -0.1) is 0 Å². The molecule has 0 aliphatic carbocycles. The summed E-state index contributed by atoms with van der Waals surface area (Å²) in [6.45, 7) is 12.3. The molecule has 4 heterocycles. The molecule has 6 nitrogen and oxygen atoms in total. The predicted molar refractivity (Wildman–Crippen MR) is 102 cm³/mol. The summed E-state index contributed by atoms with van der Waals surface area (Å²) in [5.41, 5.74) is 2.31. The Labute approximate surface area is 166 Å². The quantitative estimate of drug-likeness (QED) is 0.573. The number of ether oxygens (including phenoxy) is 4. The van der Waals surface area contributed by atoms with Crippen molar-refractivity contribution in [3.8, 4) is 0 Å². The normalized spacial score (nSPS) is 25.3. The van der Waals surface area contributed by atoms with Crippen LogP contribution in [0.2, 0.25) is 0 Å². The molecule has 2 aromatic heterocycles. The third-order valence-electron chi connectivity index (χ3n) is 5.44. The van der Waals surface area contributed by atoms with E-state index >= 15 is 0 Å². The molecule has 154 valence electrons. The molecule has 0 amide bonds. The van der Waals surface area contributed by atoms with Crippen LogP contribution < -0.4 is 0 Å². The molecule has 0 saturated carbocycles. The van der Waals surface area contributed by atoms with Gasteiger partial charge in [0.05, 0.1) is 52.2 Å². The lowest BCUT2D eigenvalue weighted by molar-refractivity contribution is -0.180. The maximum absolute atomic E-state index is 5.68. The molecule has 2 saturated heterocycles. The molecule has 0 spiro atoms. The van der Waals surface area contributed by atoms with Gasteiger partial charge in [0, 0.05) is 22.0 Å². The van der Waals surface area contributed by atoms with Crippen molar-refractivity contribution in [2.45, 2.75) is 53.1 Å². The number of hydrogen-bond acceptors (Lipinski definition) is 6. The van der Waals surface area contributed by atoms with Crippen LogP contribution in [-0.2, 0) is 32.2 Å². The Balaban J connectivity index is 1.13. The Bertz CT molecular complexity index is 720. The minimum Gasteiger partial charge on any atom is -0.466 e. The molecule has 2 aromatic rings. The summed E-state index contributed by atoms with van der Waals surface area (Å²) in [7, 11) is 0. The van der Waals surface area contributed by atoms with Gasteiger partial charge in [0.2, 0.25) is 0 Å². The van der Waals surface area contributed by atoms with Crippen LogP contribution in [0.3, 0.4) is 0 Å². The first kappa shape index (κ1) is 19.7. The van der Waals surface area contributed by atoms with Crippen LogP contribution in [0.5, 0.6) is 0 Å². The van der Waals surface area contributed by atoms with Gasteiger partial charge in [0.25, 0.3) is 0 Å². The Kier molecular flexibility index (Phi) is 5.40. The van der Waals surface area contributed by atoms with Gasteiger partial charge in [-0.1, -0.05) is 27.7 Å². The van der Waals surface area contributed by atoms with Gasteiger partial charge >= 0.3 is 0 Å². The van der Waals surface area contributed by atoms with Crippen molar-refractivity contribution in [2.75, 3.05) is 26.4 Å². The SMILES string of the molecule is CC1(C)COC1c1cc(COCCOCc2coc(C3OCC3(C)C)c2)co1. The Morgan fingerprint density at radius 2 is 1.21 bits per heavy atom. The number of rotatable bonds is 9. The topological polar surface area (TPSA) is 63.2 Å². The highest BCUT2D eigenvalue weighted by molar-refractivity contribution is 5.18. The van der Waals surface area contributed by atoms with Crippen molar-refractivity contribution in [3.05, 3.63) is 47.3 Å². The maximum Gasteiger partial charge on any atom is 0.133 e. The molecule has 2 aliphatic rings. The van der Waals surface area contributed by atoms with Crippen LogP contribution in [0.25, 0.3) is 0 Å². The second-order valence-electron chi connectivity index (χ2n) is 9.18. The fourth-order valence-corrected chi connectivity index (χ4v) is 3.65. The predicted octanol–water partition coefficient (Wildman–Crippen LogP) is 4.80. The van der Waals surface area contributed by atoms with Gasteiger partial charge in [0.1, 0.15) is 23.7 Å². The van der Waals surface area contributed by atoms with Crippen molar-refractivity contribution in [3.63, 3.8) is 0 Å². The highest BCUT2D eigenvalue weighted by Gasteiger charge is 2.43. The van der Waals surface area contributed by atoms with Crippen LogP contribution in [0.1, 0.15) is 62.6 Å². The lowest BCUT2D eigenvalue weighted by Crippen LogP contribution is -2.40. The van der Waals surface area contributed by atoms with Crippen LogP contribution >= 0.6 is 0 Å². The van der Waals surface area contributed by atoms with Crippen LogP contribution in [-0.4, -0.2) is 26.4 Å². The average molecular weight is 390 g/mol. The molecule has 2 atom stereocenters. The largest absolute Gasteiger partial charge is 0.466 e. The Morgan fingerprint density at radius 1 is 0.786 bits per heavy atom. The summed E-state index contributed by atoms with van der Waals surface area (Å²) < 4.78 is 33.9. The van der Waals surface area contributed by atoms with Gasteiger partial charge in [0.15, 0.2) is 0 Å². The maximum atomic E-state index is 5.68. The molecule has 2 unspecified atom stereocenters. The molecule has 0 radical (unpaired) electrons. The molecule has 0 N–H and O–H groups in total. The van der Waals surface area contributed by atoms with E-state index in [1.165, 1.54) is 0 Å². The molecule has 28 heavy (non-hydrogen) atoms. The third kappa shape index (κ3) is 4.06. The van der Waals surface area contributed by atoms with E-state index in [2.05, 4.69) is 27.7 Å². The van der Waals surface area contributed by atoms with E-state index in [0.29, 0.717) is 26.4 Å². The second kappa shape index (κ2) is 7.67. The van der Waals surface area contributed by atoms with Crippen LogP contribution in [0, 0.1) is 10.8 Å². The number of hydrogen-bond donors (Lipinski definition) is 0. The van der Waals surface area contributed by atoms with Crippen LogP contribution in [0.4, 0.5) is 0 Å². The Morgan fingerprint density at radius 3 is 1.54 bits per heavy atom. The first-order valence-corrected chi connectivity index (χ1v) is 9.88. The summed E-state index contributed by atoms with van der Waals surface area (Å²) in [6, 6.07) is 4.03. The highest BCUT2D eigenvalue weighted by Crippen LogP contribution is 2.46. The Hall–Kier alpha value is -1.60. The molecule has 2 aliphatic heterocycles. The first-order chi connectivity index (χ1) is 13.4. The smallest absolute Gasteiger partial charge is 0.133 e. The fraction of sp³-hybridized carbons (Fsp3) is 0.636. The molecule has 0 aromatic carbocycles. The third-order valence-corrected chi connectivity index (χ3v) is 5.44. The minimum atomic E-state index is 0.0420. The monoisotopic (exact) mass is 390 g/mol. The summed E-state index contributed by atoms with van der Waals surface area (Å²) >= 11 is 0. The molecular weight excluding hydrogens is 360 g/mol. The summed E-state index contributed by atoms with van der Waals surface area (Å²) in [5, 5.41) is 0. The van der Waals surface area contributed by atoms with Crippen molar-refractivity contribution in [1.82, 2.24) is 0 Å². The van der Waals surface area contributed by atoms with Gasteiger partial charge < -0.3 is 27.8 Å². The standard InChI is InChI=1S/C22H30O6/c1-21(2)13-27-19(21)17-7-15(11-25-17)9-23-5-6-24-10-16-8-18(26-12-16)20-22(3,4)14-28-20/h7-8,11-12,19-20H,5-6,9-10,13-14H2,1-4H3.